The van der Waals surface area contributed by atoms with Crippen LogP contribution in [0.15, 0.2) is 16.7 Å². The molecule has 1 N–H and O–H groups in total. The van der Waals surface area contributed by atoms with Gasteiger partial charge in [0.2, 0.25) is 0 Å². The van der Waals surface area contributed by atoms with Crippen LogP contribution >= 0.6 is 15.9 Å². The molecule has 0 aliphatic carbocycles. The Morgan fingerprint density at radius 3 is 2.92 bits per heavy atom. The SMILES string of the molecule is CNCCc1cc(C)c(Br)cn1. The molecule has 0 bridgehead atoms. The molecule has 1 rings (SSSR count). The quantitative estimate of drug-likeness (QED) is 0.856. The van der Waals surface area contributed by atoms with E-state index < -0.39 is 0 Å². The third-order valence-electron chi connectivity index (χ3n) is 1.73. The maximum atomic E-state index is 4.29. The molecule has 0 radical (unpaired) electrons. The molecule has 0 atom stereocenters. The van der Waals surface area contributed by atoms with E-state index in [-0.39, 0.29) is 0 Å². The highest BCUT2D eigenvalue weighted by molar-refractivity contribution is 9.10. The van der Waals surface area contributed by atoms with Crippen molar-refractivity contribution >= 4 is 15.9 Å². The van der Waals surface area contributed by atoms with E-state index in [1.165, 1.54) is 5.56 Å². The molecule has 12 heavy (non-hydrogen) atoms. The first kappa shape index (κ1) is 9.68. The van der Waals surface area contributed by atoms with Crippen LogP contribution < -0.4 is 5.32 Å². The molecule has 1 aromatic heterocycles. The highest BCUT2D eigenvalue weighted by atomic mass is 79.9. The predicted molar refractivity (Wildman–Crippen MR) is 54.3 cm³/mol. The van der Waals surface area contributed by atoms with Crippen LogP contribution in [0.5, 0.6) is 0 Å². The van der Waals surface area contributed by atoms with E-state index in [4.69, 9.17) is 0 Å². The number of nitrogens with zero attached hydrogens (tertiary/aromatic N) is 1. The van der Waals surface area contributed by atoms with Gasteiger partial charge in [0.15, 0.2) is 0 Å². The summed E-state index contributed by atoms with van der Waals surface area (Å²) in [6.07, 6.45) is 2.85. The van der Waals surface area contributed by atoms with Gasteiger partial charge in [0.05, 0.1) is 0 Å². The summed E-state index contributed by atoms with van der Waals surface area (Å²) in [4.78, 5) is 4.29. The predicted octanol–water partition coefficient (Wildman–Crippen LogP) is 1.91. The molecule has 0 aliphatic rings. The molecule has 0 saturated carbocycles. The van der Waals surface area contributed by atoms with Gasteiger partial charge in [-0.25, -0.2) is 0 Å². The number of hydrogen-bond acceptors (Lipinski definition) is 2. The molecule has 2 nitrogen and oxygen atoms in total. The number of aromatic nitrogens is 1. The van der Waals surface area contributed by atoms with Crippen LogP contribution in [0.2, 0.25) is 0 Å². The largest absolute Gasteiger partial charge is 0.319 e. The zero-order valence-electron chi connectivity index (χ0n) is 7.39. The monoisotopic (exact) mass is 228 g/mol. The average Bonchev–Trinajstić information content (AvgIpc) is 2.07. The maximum absolute atomic E-state index is 4.29. The first-order valence-corrected chi connectivity index (χ1v) is 4.79. The second kappa shape index (κ2) is 4.58. The highest BCUT2D eigenvalue weighted by Crippen LogP contribution is 2.14. The Morgan fingerprint density at radius 1 is 1.58 bits per heavy atom. The van der Waals surface area contributed by atoms with Crippen LogP contribution in [0.25, 0.3) is 0 Å². The van der Waals surface area contributed by atoms with Crippen LogP contribution in [-0.4, -0.2) is 18.6 Å². The topological polar surface area (TPSA) is 24.9 Å². The van der Waals surface area contributed by atoms with Crippen LogP contribution in [0.4, 0.5) is 0 Å². The summed E-state index contributed by atoms with van der Waals surface area (Å²) in [6.45, 7) is 3.06. The van der Waals surface area contributed by atoms with Gasteiger partial charge in [-0.1, -0.05) is 0 Å². The van der Waals surface area contributed by atoms with E-state index in [2.05, 4.69) is 39.2 Å². The van der Waals surface area contributed by atoms with E-state index in [9.17, 15) is 0 Å². The fourth-order valence-corrected chi connectivity index (χ4v) is 1.20. The molecular formula is C9H13BrN2. The number of aryl methyl sites for hydroxylation is 1. The summed E-state index contributed by atoms with van der Waals surface area (Å²) in [6, 6.07) is 2.11. The van der Waals surface area contributed by atoms with Crippen molar-refractivity contribution in [3.63, 3.8) is 0 Å². The first-order valence-electron chi connectivity index (χ1n) is 3.99. The van der Waals surface area contributed by atoms with Gasteiger partial charge >= 0.3 is 0 Å². The van der Waals surface area contributed by atoms with Crippen molar-refractivity contribution in [2.24, 2.45) is 0 Å². The van der Waals surface area contributed by atoms with Crippen molar-refractivity contribution in [2.75, 3.05) is 13.6 Å². The van der Waals surface area contributed by atoms with Crippen molar-refractivity contribution in [2.45, 2.75) is 13.3 Å². The van der Waals surface area contributed by atoms with Gasteiger partial charge in [0, 0.05) is 29.3 Å². The highest BCUT2D eigenvalue weighted by Gasteiger charge is 1.97. The van der Waals surface area contributed by atoms with Crippen LogP contribution in [-0.2, 0) is 6.42 Å². The van der Waals surface area contributed by atoms with Crippen LogP contribution in [0, 0.1) is 6.92 Å². The van der Waals surface area contributed by atoms with Gasteiger partial charge in [-0.3, -0.25) is 4.98 Å². The number of likely N-dealkylation sites (N-methyl/N-ethyl adjacent to an activating group) is 1. The fraction of sp³-hybridized carbons (Fsp3) is 0.444. The number of halogens is 1. The van der Waals surface area contributed by atoms with Gasteiger partial charge < -0.3 is 5.32 Å². The lowest BCUT2D eigenvalue weighted by Crippen LogP contribution is -2.11. The molecule has 3 heteroatoms. The Morgan fingerprint density at radius 2 is 2.33 bits per heavy atom. The minimum absolute atomic E-state index is 0.980. The maximum Gasteiger partial charge on any atom is 0.0419 e. The second-order valence-electron chi connectivity index (χ2n) is 2.78. The number of hydrogen-bond donors (Lipinski definition) is 1. The van der Waals surface area contributed by atoms with Gasteiger partial charge in [0.1, 0.15) is 0 Å². The smallest absolute Gasteiger partial charge is 0.0419 e. The van der Waals surface area contributed by atoms with E-state index in [0.717, 1.165) is 23.1 Å². The molecule has 0 unspecified atom stereocenters. The van der Waals surface area contributed by atoms with E-state index >= 15 is 0 Å². The van der Waals surface area contributed by atoms with Gasteiger partial charge in [-0.05, 0) is 41.5 Å². The lowest BCUT2D eigenvalue weighted by molar-refractivity contribution is 0.775. The van der Waals surface area contributed by atoms with Crippen molar-refractivity contribution in [1.82, 2.24) is 10.3 Å². The van der Waals surface area contributed by atoms with E-state index in [0.29, 0.717) is 0 Å². The summed E-state index contributed by atoms with van der Waals surface area (Å²) in [5.74, 6) is 0. The molecule has 0 aromatic carbocycles. The Bertz CT molecular complexity index is 261. The van der Waals surface area contributed by atoms with Crippen LogP contribution in [0.3, 0.4) is 0 Å². The Labute approximate surface area is 81.5 Å². The minimum atomic E-state index is 0.980. The molecule has 1 aromatic rings. The summed E-state index contributed by atoms with van der Waals surface area (Å²) in [5, 5.41) is 3.10. The molecule has 1 heterocycles. The molecule has 0 fully saturated rings. The lowest BCUT2D eigenvalue weighted by Gasteiger charge is -2.02. The normalized spacial score (nSPS) is 10.2. The van der Waals surface area contributed by atoms with Crippen molar-refractivity contribution < 1.29 is 0 Å². The van der Waals surface area contributed by atoms with Gasteiger partial charge in [-0.15, -0.1) is 0 Å². The van der Waals surface area contributed by atoms with Crippen molar-refractivity contribution in [3.05, 3.63) is 28.0 Å². The third kappa shape index (κ3) is 2.57. The minimum Gasteiger partial charge on any atom is -0.319 e. The van der Waals surface area contributed by atoms with Gasteiger partial charge in [-0.2, -0.15) is 0 Å². The molecule has 0 aliphatic heterocycles. The molecule has 0 saturated heterocycles. The average molecular weight is 229 g/mol. The van der Waals surface area contributed by atoms with Gasteiger partial charge in [0.25, 0.3) is 0 Å². The Kier molecular flexibility index (Phi) is 3.69. The number of rotatable bonds is 3. The van der Waals surface area contributed by atoms with Crippen molar-refractivity contribution in [1.29, 1.82) is 0 Å². The summed E-state index contributed by atoms with van der Waals surface area (Å²) >= 11 is 3.42. The first-order chi connectivity index (χ1) is 5.74. The molecular weight excluding hydrogens is 216 g/mol. The number of nitrogens with one attached hydrogen (secondary N) is 1. The second-order valence-corrected chi connectivity index (χ2v) is 3.63. The molecule has 0 amide bonds. The molecule has 66 valence electrons. The summed E-state index contributed by atoms with van der Waals surface area (Å²) in [5.41, 5.74) is 2.39. The van der Waals surface area contributed by atoms with E-state index in [1.54, 1.807) is 0 Å². The number of pyridine rings is 1. The summed E-state index contributed by atoms with van der Waals surface area (Å²) in [7, 11) is 1.95. The Balaban J connectivity index is 2.69. The zero-order chi connectivity index (χ0) is 8.97. The van der Waals surface area contributed by atoms with Crippen LogP contribution in [0.1, 0.15) is 11.3 Å². The standard InChI is InChI=1S/C9H13BrN2/c1-7-5-8(3-4-11-2)12-6-9(7)10/h5-6,11H,3-4H2,1-2H3. The zero-order valence-corrected chi connectivity index (χ0v) is 8.98. The third-order valence-corrected chi connectivity index (χ3v) is 2.56. The van der Waals surface area contributed by atoms with E-state index in [1.807, 2.05) is 13.2 Å². The Hall–Kier alpha value is -0.410. The summed E-state index contributed by atoms with van der Waals surface area (Å²) < 4.78 is 1.08. The molecule has 0 spiro atoms. The fourth-order valence-electron chi connectivity index (χ4n) is 0.987. The lowest BCUT2D eigenvalue weighted by atomic mass is 10.2. The van der Waals surface area contributed by atoms with Crippen molar-refractivity contribution in [3.8, 4) is 0 Å².